The molecule has 144 valence electrons. The van der Waals surface area contributed by atoms with Crippen LogP contribution in [0.5, 0.6) is 5.75 Å². The summed E-state index contributed by atoms with van der Waals surface area (Å²) in [6.45, 7) is 0.0359. The average Bonchev–Trinajstić information content (AvgIpc) is 3.20. The van der Waals surface area contributed by atoms with Crippen LogP contribution in [0.1, 0.15) is 5.56 Å². The number of aliphatic hydroxyl groups is 1. The predicted octanol–water partition coefficient (Wildman–Crippen LogP) is 1.89. The Kier molecular flexibility index (Phi) is 5.05. The summed E-state index contributed by atoms with van der Waals surface area (Å²) in [5.41, 5.74) is 1.51. The number of rotatable bonds is 6. The molecule has 8 heteroatoms. The molecule has 0 aliphatic rings. The molecule has 1 atom stereocenters. The first-order valence-electron chi connectivity index (χ1n) is 8.95. The number of nitriles is 1. The largest absolute Gasteiger partial charge is 0.491 e. The lowest BCUT2D eigenvalue weighted by atomic mass is 10.2. The van der Waals surface area contributed by atoms with Crippen molar-refractivity contribution in [2.24, 2.45) is 0 Å². The molecule has 0 aliphatic carbocycles. The highest BCUT2D eigenvalue weighted by Gasteiger charge is 2.14. The second-order valence-corrected chi connectivity index (χ2v) is 6.43. The lowest BCUT2D eigenvalue weighted by Crippen LogP contribution is -2.30. The van der Waals surface area contributed by atoms with E-state index >= 15 is 0 Å². The van der Waals surface area contributed by atoms with Gasteiger partial charge in [-0.2, -0.15) is 10.4 Å². The van der Waals surface area contributed by atoms with E-state index in [9.17, 15) is 9.90 Å². The normalized spacial score (nSPS) is 11.9. The zero-order chi connectivity index (χ0) is 20.2. The van der Waals surface area contributed by atoms with Gasteiger partial charge in [0.25, 0.3) is 5.56 Å². The minimum atomic E-state index is -0.910. The fourth-order valence-electron chi connectivity index (χ4n) is 2.93. The summed E-state index contributed by atoms with van der Waals surface area (Å²) >= 11 is 0. The number of fused-ring (bicyclic) bond motifs is 1. The molecule has 0 spiro atoms. The number of para-hydroxylation sites is 1. The van der Waals surface area contributed by atoms with Crippen LogP contribution in [0.25, 0.3) is 16.7 Å². The second-order valence-electron chi connectivity index (χ2n) is 6.43. The fraction of sp³-hybridized carbons (Fsp3) is 0.143. The van der Waals surface area contributed by atoms with Gasteiger partial charge in [-0.15, -0.1) is 0 Å². The Morgan fingerprint density at radius 3 is 2.62 bits per heavy atom. The predicted molar refractivity (Wildman–Crippen MR) is 106 cm³/mol. The maximum absolute atomic E-state index is 12.7. The molecule has 1 unspecified atom stereocenters. The first-order valence-corrected chi connectivity index (χ1v) is 8.95. The molecule has 0 aliphatic heterocycles. The first kappa shape index (κ1) is 18.4. The SMILES string of the molecule is N#Cc1ccc(OCC(O)Cn2cnc3c(cnn3-c3ccccc3)c2=O)cc1. The summed E-state index contributed by atoms with van der Waals surface area (Å²) in [6.07, 6.45) is 1.97. The van der Waals surface area contributed by atoms with Crippen molar-refractivity contribution in [2.75, 3.05) is 6.61 Å². The second kappa shape index (κ2) is 7.96. The zero-order valence-corrected chi connectivity index (χ0v) is 15.3. The molecule has 29 heavy (non-hydrogen) atoms. The summed E-state index contributed by atoms with van der Waals surface area (Å²) in [5.74, 6) is 0.535. The van der Waals surface area contributed by atoms with E-state index in [1.807, 2.05) is 36.4 Å². The number of aliphatic hydroxyl groups excluding tert-OH is 1. The Morgan fingerprint density at radius 1 is 1.14 bits per heavy atom. The Labute approximate surface area is 165 Å². The summed E-state index contributed by atoms with van der Waals surface area (Å²) < 4.78 is 8.46. The minimum absolute atomic E-state index is 0.000343. The average molecular weight is 387 g/mol. The molecule has 0 saturated carbocycles. The van der Waals surface area contributed by atoms with E-state index in [2.05, 4.69) is 10.1 Å². The van der Waals surface area contributed by atoms with E-state index in [1.165, 1.54) is 17.1 Å². The van der Waals surface area contributed by atoms with Gasteiger partial charge in [-0.05, 0) is 36.4 Å². The van der Waals surface area contributed by atoms with Gasteiger partial charge < -0.3 is 9.84 Å². The van der Waals surface area contributed by atoms with Crippen LogP contribution in [0.3, 0.4) is 0 Å². The topological polar surface area (TPSA) is 106 Å². The number of benzene rings is 2. The van der Waals surface area contributed by atoms with E-state index in [0.29, 0.717) is 22.3 Å². The minimum Gasteiger partial charge on any atom is -0.491 e. The number of hydrogen-bond acceptors (Lipinski definition) is 6. The highest BCUT2D eigenvalue weighted by atomic mass is 16.5. The molecular formula is C21H17N5O3. The Bertz CT molecular complexity index is 1220. The van der Waals surface area contributed by atoms with Crippen molar-refractivity contribution in [3.63, 3.8) is 0 Å². The van der Waals surface area contributed by atoms with Crippen molar-refractivity contribution >= 4 is 11.0 Å². The number of nitrogens with zero attached hydrogens (tertiary/aromatic N) is 5. The van der Waals surface area contributed by atoms with Crippen LogP contribution in [-0.2, 0) is 6.54 Å². The lowest BCUT2D eigenvalue weighted by Gasteiger charge is -2.14. The third kappa shape index (κ3) is 3.85. The van der Waals surface area contributed by atoms with E-state index < -0.39 is 6.10 Å². The monoisotopic (exact) mass is 387 g/mol. The Morgan fingerprint density at radius 2 is 1.90 bits per heavy atom. The fourth-order valence-corrected chi connectivity index (χ4v) is 2.93. The van der Waals surface area contributed by atoms with Crippen molar-refractivity contribution in [1.82, 2.24) is 19.3 Å². The summed E-state index contributed by atoms with van der Waals surface area (Å²) in [4.78, 5) is 17.1. The number of aromatic nitrogens is 4. The molecule has 2 heterocycles. The van der Waals surface area contributed by atoms with E-state index in [1.54, 1.807) is 28.9 Å². The molecule has 2 aromatic carbocycles. The van der Waals surface area contributed by atoms with Crippen molar-refractivity contribution in [3.8, 4) is 17.5 Å². The molecule has 0 fully saturated rings. The van der Waals surface area contributed by atoms with Crippen molar-refractivity contribution < 1.29 is 9.84 Å². The van der Waals surface area contributed by atoms with Crippen molar-refractivity contribution in [1.29, 1.82) is 5.26 Å². The van der Waals surface area contributed by atoms with Crippen molar-refractivity contribution in [3.05, 3.63) is 83.0 Å². The summed E-state index contributed by atoms with van der Waals surface area (Å²) in [6, 6.07) is 18.0. The van der Waals surface area contributed by atoms with Crippen LogP contribution in [0.4, 0.5) is 0 Å². The van der Waals surface area contributed by atoms with Crippen LogP contribution >= 0.6 is 0 Å². The standard InChI is InChI=1S/C21H17N5O3/c22-10-15-6-8-18(9-7-15)29-13-17(27)12-25-14-23-20-19(21(25)28)11-24-26(20)16-4-2-1-3-5-16/h1-9,11,14,17,27H,12-13H2. The quantitative estimate of drug-likeness (QED) is 0.542. The van der Waals surface area contributed by atoms with Gasteiger partial charge >= 0.3 is 0 Å². The van der Waals surface area contributed by atoms with E-state index in [4.69, 9.17) is 10.00 Å². The smallest absolute Gasteiger partial charge is 0.264 e. The molecule has 8 nitrogen and oxygen atoms in total. The highest BCUT2D eigenvalue weighted by molar-refractivity contribution is 5.74. The van der Waals surface area contributed by atoms with Gasteiger partial charge in [0.1, 0.15) is 30.2 Å². The highest BCUT2D eigenvalue weighted by Crippen LogP contribution is 2.14. The first-order chi connectivity index (χ1) is 14.2. The van der Waals surface area contributed by atoms with Gasteiger partial charge in [0.2, 0.25) is 0 Å². The van der Waals surface area contributed by atoms with Crippen LogP contribution < -0.4 is 10.3 Å². The number of hydrogen-bond donors (Lipinski definition) is 1. The molecule has 4 aromatic rings. The zero-order valence-electron chi connectivity index (χ0n) is 15.3. The summed E-state index contributed by atoms with van der Waals surface area (Å²) in [7, 11) is 0. The third-order valence-electron chi connectivity index (χ3n) is 4.39. The molecule has 0 amide bonds. The molecule has 0 radical (unpaired) electrons. The van der Waals surface area contributed by atoms with Gasteiger partial charge in [0.15, 0.2) is 5.65 Å². The van der Waals surface area contributed by atoms with Crippen molar-refractivity contribution in [2.45, 2.75) is 12.6 Å². The molecule has 0 saturated heterocycles. The van der Waals surface area contributed by atoms with Gasteiger partial charge in [0, 0.05) is 0 Å². The molecule has 1 N–H and O–H groups in total. The third-order valence-corrected chi connectivity index (χ3v) is 4.39. The molecule has 4 rings (SSSR count). The van der Waals surface area contributed by atoms with E-state index in [-0.39, 0.29) is 18.7 Å². The summed E-state index contributed by atoms with van der Waals surface area (Å²) in [5, 5.41) is 23.7. The Balaban J connectivity index is 1.48. The van der Waals surface area contributed by atoms with Crippen LogP contribution in [-0.4, -0.2) is 37.1 Å². The van der Waals surface area contributed by atoms with Gasteiger partial charge in [0.05, 0.1) is 30.1 Å². The number of ether oxygens (including phenoxy) is 1. The molecular weight excluding hydrogens is 370 g/mol. The van der Waals surface area contributed by atoms with Crippen LogP contribution in [0.15, 0.2) is 71.9 Å². The van der Waals surface area contributed by atoms with Crippen LogP contribution in [0, 0.1) is 11.3 Å². The van der Waals surface area contributed by atoms with Gasteiger partial charge in [-0.1, -0.05) is 18.2 Å². The Hall–Kier alpha value is -3.96. The maximum atomic E-state index is 12.7. The van der Waals surface area contributed by atoms with Crippen LogP contribution in [0.2, 0.25) is 0 Å². The van der Waals surface area contributed by atoms with Gasteiger partial charge in [-0.3, -0.25) is 9.36 Å². The van der Waals surface area contributed by atoms with Gasteiger partial charge in [-0.25, -0.2) is 9.67 Å². The maximum Gasteiger partial charge on any atom is 0.264 e. The molecule has 0 bridgehead atoms. The molecule has 2 aromatic heterocycles. The van der Waals surface area contributed by atoms with E-state index in [0.717, 1.165) is 5.69 Å². The lowest BCUT2D eigenvalue weighted by molar-refractivity contribution is 0.0915.